The molecule has 0 saturated heterocycles. The number of benzene rings is 1. The minimum absolute atomic E-state index is 0. The summed E-state index contributed by atoms with van der Waals surface area (Å²) in [6, 6.07) is 5.74. The molecule has 1 rings (SSSR count). The number of anilines is 1. The maximum Gasteiger partial charge on any atom is 0.195 e. The van der Waals surface area contributed by atoms with E-state index in [-0.39, 0.29) is 24.0 Å². The van der Waals surface area contributed by atoms with Crippen molar-refractivity contribution in [2.24, 2.45) is 10.9 Å². The molecule has 0 atom stereocenters. The third kappa shape index (κ3) is 7.20. The van der Waals surface area contributed by atoms with Crippen LogP contribution in [0.1, 0.15) is 27.2 Å². The molecule has 1 aromatic carbocycles. The van der Waals surface area contributed by atoms with Gasteiger partial charge in [-0.05, 0) is 31.4 Å². The number of halogens is 1. The van der Waals surface area contributed by atoms with Crippen LogP contribution < -0.4 is 20.1 Å². The molecule has 1 aromatic rings. The Hall–Kier alpha value is -1.18. The second kappa shape index (κ2) is 11.4. The van der Waals surface area contributed by atoms with Crippen LogP contribution in [0.15, 0.2) is 23.2 Å². The zero-order valence-corrected chi connectivity index (χ0v) is 16.4. The predicted molar refractivity (Wildman–Crippen MR) is 104 cm³/mol. The molecule has 6 heteroatoms. The van der Waals surface area contributed by atoms with E-state index in [1.165, 1.54) is 0 Å². The number of nitrogens with one attached hydrogen (secondary N) is 2. The summed E-state index contributed by atoms with van der Waals surface area (Å²) in [4.78, 5) is 4.22. The van der Waals surface area contributed by atoms with E-state index in [0.717, 1.165) is 36.1 Å². The van der Waals surface area contributed by atoms with Crippen LogP contribution in [-0.2, 0) is 0 Å². The summed E-state index contributed by atoms with van der Waals surface area (Å²) < 4.78 is 10.8. The summed E-state index contributed by atoms with van der Waals surface area (Å²) in [7, 11) is 3.40. The van der Waals surface area contributed by atoms with Gasteiger partial charge >= 0.3 is 0 Å². The minimum atomic E-state index is 0. The van der Waals surface area contributed by atoms with E-state index in [2.05, 4.69) is 29.5 Å². The Morgan fingerprint density at radius 2 is 2.00 bits per heavy atom. The first kappa shape index (κ1) is 20.8. The molecule has 0 spiro atoms. The Morgan fingerprint density at radius 3 is 2.55 bits per heavy atom. The highest BCUT2D eigenvalue weighted by Gasteiger charge is 2.07. The summed E-state index contributed by atoms with van der Waals surface area (Å²) in [5, 5.41) is 6.55. The molecule has 0 aliphatic rings. The van der Waals surface area contributed by atoms with Crippen LogP contribution in [0, 0.1) is 5.92 Å². The Labute approximate surface area is 150 Å². The summed E-state index contributed by atoms with van der Waals surface area (Å²) in [5.74, 6) is 2.87. The molecule has 126 valence electrons. The Kier molecular flexibility index (Phi) is 10.8. The van der Waals surface area contributed by atoms with E-state index < -0.39 is 0 Å². The number of methoxy groups -OCH3 is 1. The van der Waals surface area contributed by atoms with Crippen molar-refractivity contribution in [2.45, 2.75) is 27.2 Å². The molecular formula is C16H28IN3O2. The van der Waals surface area contributed by atoms with Crippen LogP contribution in [0.25, 0.3) is 0 Å². The Bertz CT molecular complexity index is 465. The van der Waals surface area contributed by atoms with Crippen LogP contribution >= 0.6 is 24.0 Å². The number of nitrogens with zero attached hydrogens (tertiary/aromatic N) is 1. The normalized spacial score (nSPS) is 10.9. The van der Waals surface area contributed by atoms with E-state index in [9.17, 15) is 0 Å². The molecule has 0 fully saturated rings. The van der Waals surface area contributed by atoms with Gasteiger partial charge in [-0.1, -0.05) is 13.8 Å². The highest BCUT2D eigenvalue weighted by molar-refractivity contribution is 14.0. The van der Waals surface area contributed by atoms with Crippen molar-refractivity contribution < 1.29 is 9.47 Å². The average molecular weight is 421 g/mol. The molecule has 0 aliphatic heterocycles. The minimum Gasteiger partial charge on any atom is -0.493 e. The molecule has 0 heterocycles. The van der Waals surface area contributed by atoms with E-state index in [4.69, 9.17) is 9.47 Å². The average Bonchev–Trinajstić information content (AvgIpc) is 2.46. The van der Waals surface area contributed by atoms with Crippen molar-refractivity contribution in [2.75, 3.05) is 32.6 Å². The number of guanidine groups is 1. The Morgan fingerprint density at radius 1 is 1.27 bits per heavy atom. The lowest BCUT2D eigenvalue weighted by Crippen LogP contribution is -2.31. The summed E-state index contributed by atoms with van der Waals surface area (Å²) in [6.45, 7) is 7.85. The van der Waals surface area contributed by atoms with Gasteiger partial charge in [0.1, 0.15) is 0 Å². The molecular weight excluding hydrogens is 393 g/mol. The lowest BCUT2D eigenvalue weighted by atomic mass is 10.1. The van der Waals surface area contributed by atoms with Gasteiger partial charge in [0.15, 0.2) is 17.5 Å². The molecule has 0 unspecified atom stereocenters. The van der Waals surface area contributed by atoms with Crippen molar-refractivity contribution in [3.8, 4) is 11.5 Å². The third-order valence-electron chi connectivity index (χ3n) is 2.96. The van der Waals surface area contributed by atoms with E-state index in [0.29, 0.717) is 12.5 Å². The molecule has 0 aliphatic carbocycles. The van der Waals surface area contributed by atoms with Crippen LogP contribution in [0.2, 0.25) is 0 Å². The molecule has 0 radical (unpaired) electrons. The smallest absolute Gasteiger partial charge is 0.195 e. The van der Waals surface area contributed by atoms with Gasteiger partial charge in [-0.2, -0.15) is 0 Å². The predicted octanol–water partition coefficient (Wildman–Crippen LogP) is 3.75. The highest BCUT2D eigenvalue weighted by atomic mass is 127. The number of aliphatic imine (C=N–C) groups is 1. The van der Waals surface area contributed by atoms with Crippen LogP contribution in [-0.4, -0.2) is 33.3 Å². The second-order valence-electron chi connectivity index (χ2n) is 5.11. The van der Waals surface area contributed by atoms with Crippen molar-refractivity contribution in [3.05, 3.63) is 18.2 Å². The Balaban J connectivity index is 0.00000441. The van der Waals surface area contributed by atoms with E-state index in [1.54, 1.807) is 14.2 Å². The molecule has 0 bridgehead atoms. The van der Waals surface area contributed by atoms with Gasteiger partial charge in [0.2, 0.25) is 0 Å². The van der Waals surface area contributed by atoms with Gasteiger partial charge in [-0.25, -0.2) is 0 Å². The van der Waals surface area contributed by atoms with Crippen LogP contribution in [0.4, 0.5) is 5.69 Å². The van der Waals surface area contributed by atoms with Crippen molar-refractivity contribution in [3.63, 3.8) is 0 Å². The number of rotatable bonds is 7. The number of ether oxygens (including phenoxy) is 2. The zero-order chi connectivity index (χ0) is 15.7. The fourth-order valence-corrected chi connectivity index (χ4v) is 1.82. The largest absolute Gasteiger partial charge is 0.493 e. The SMILES string of the molecule is CCOc1cc(NC(=NC)NCCC(C)C)ccc1OC.I. The highest BCUT2D eigenvalue weighted by Crippen LogP contribution is 2.30. The quantitative estimate of drug-likeness (QED) is 0.400. The maximum atomic E-state index is 5.57. The van der Waals surface area contributed by atoms with Crippen LogP contribution in [0.3, 0.4) is 0 Å². The first-order valence-electron chi connectivity index (χ1n) is 7.39. The fourth-order valence-electron chi connectivity index (χ4n) is 1.82. The maximum absolute atomic E-state index is 5.57. The van der Waals surface area contributed by atoms with E-state index >= 15 is 0 Å². The van der Waals surface area contributed by atoms with Crippen molar-refractivity contribution in [1.82, 2.24) is 5.32 Å². The van der Waals surface area contributed by atoms with Gasteiger partial charge in [0.25, 0.3) is 0 Å². The topological polar surface area (TPSA) is 54.9 Å². The van der Waals surface area contributed by atoms with Gasteiger partial charge in [-0.3, -0.25) is 4.99 Å². The molecule has 0 amide bonds. The third-order valence-corrected chi connectivity index (χ3v) is 2.96. The lowest BCUT2D eigenvalue weighted by Gasteiger charge is -2.15. The van der Waals surface area contributed by atoms with Gasteiger partial charge in [0, 0.05) is 25.3 Å². The lowest BCUT2D eigenvalue weighted by molar-refractivity contribution is 0.311. The van der Waals surface area contributed by atoms with Crippen molar-refractivity contribution in [1.29, 1.82) is 0 Å². The second-order valence-corrected chi connectivity index (χ2v) is 5.11. The van der Waals surface area contributed by atoms with Gasteiger partial charge in [0.05, 0.1) is 13.7 Å². The fraction of sp³-hybridized carbons (Fsp3) is 0.562. The van der Waals surface area contributed by atoms with Gasteiger partial charge < -0.3 is 20.1 Å². The first-order chi connectivity index (χ1) is 10.1. The molecule has 22 heavy (non-hydrogen) atoms. The first-order valence-corrected chi connectivity index (χ1v) is 7.39. The standard InChI is InChI=1S/C16H27N3O2.HI/c1-6-21-15-11-13(7-8-14(15)20-5)19-16(17-4)18-10-9-12(2)3;/h7-8,11-12H,6,9-10H2,1-5H3,(H2,17,18,19);1H. The molecule has 5 nitrogen and oxygen atoms in total. The van der Waals surface area contributed by atoms with Crippen LogP contribution in [0.5, 0.6) is 11.5 Å². The monoisotopic (exact) mass is 421 g/mol. The molecule has 0 saturated carbocycles. The van der Waals surface area contributed by atoms with E-state index in [1.807, 2.05) is 25.1 Å². The van der Waals surface area contributed by atoms with Crippen molar-refractivity contribution >= 4 is 35.6 Å². The molecule has 0 aromatic heterocycles. The molecule has 2 N–H and O–H groups in total. The zero-order valence-electron chi connectivity index (χ0n) is 14.1. The van der Waals surface area contributed by atoms with Gasteiger partial charge in [-0.15, -0.1) is 24.0 Å². The summed E-state index contributed by atoms with van der Waals surface area (Å²) in [6.07, 6.45) is 1.10. The summed E-state index contributed by atoms with van der Waals surface area (Å²) >= 11 is 0. The number of hydrogen-bond acceptors (Lipinski definition) is 3. The number of hydrogen-bond donors (Lipinski definition) is 2. The summed E-state index contributed by atoms with van der Waals surface area (Å²) in [5.41, 5.74) is 0.914.